The second kappa shape index (κ2) is 5.04. The van der Waals surface area contributed by atoms with E-state index in [2.05, 4.69) is 42.3 Å². The van der Waals surface area contributed by atoms with Gasteiger partial charge >= 0.3 is 0 Å². The molecule has 0 aromatic heterocycles. The fourth-order valence-electron chi connectivity index (χ4n) is 3.15. The van der Waals surface area contributed by atoms with Crippen molar-refractivity contribution in [3.8, 4) is 5.75 Å². The van der Waals surface area contributed by atoms with Crippen molar-refractivity contribution < 1.29 is 4.74 Å². The minimum atomic E-state index is 0.337. The lowest BCUT2D eigenvalue weighted by molar-refractivity contribution is -0.0155. The van der Waals surface area contributed by atoms with Gasteiger partial charge in [0.2, 0.25) is 0 Å². The van der Waals surface area contributed by atoms with Crippen molar-refractivity contribution in [2.45, 2.75) is 26.7 Å². The molecule has 0 radical (unpaired) electrons. The average Bonchev–Trinajstić information content (AvgIpc) is 2.42. The Morgan fingerprint density at radius 2 is 2.21 bits per heavy atom. The summed E-state index contributed by atoms with van der Waals surface area (Å²) in [5.41, 5.74) is 3.02. The Bertz CT molecular complexity index is 452. The Morgan fingerprint density at radius 1 is 1.37 bits per heavy atom. The van der Waals surface area contributed by atoms with E-state index in [0.717, 1.165) is 38.5 Å². The highest BCUT2D eigenvalue weighted by Crippen LogP contribution is 2.31. The van der Waals surface area contributed by atoms with Crippen LogP contribution in [0.25, 0.3) is 0 Å². The van der Waals surface area contributed by atoms with E-state index < -0.39 is 0 Å². The molecular weight excluding hydrogens is 236 g/mol. The van der Waals surface area contributed by atoms with Crippen LogP contribution in [0.1, 0.15) is 25.8 Å². The predicted octanol–water partition coefficient (Wildman–Crippen LogP) is 2.77. The summed E-state index contributed by atoms with van der Waals surface area (Å²) in [5.74, 6) is 1.03. The summed E-state index contributed by atoms with van der Waals surface area (Å²) in [5, 5.41) is 3.44. The molecule has 3 heteroatoms. The van der Waals surface area contributed by atoms with Gasteiger partial charge < -0.3 is 15.0 Å². The molecule has 0 spiro atoms. The van der Waals surface area contributed by atoms with Crippen LogP contribution in [0.4, 0.5) is 5.69 Å². The van der Waals surface area contributed by atoms with Crippen LogP contribution in [0.3, 0.4) is 0 Å². The van der Waals surface area contributed by atoms with Gasteiger partial charge in [0, 0.05) is 30.7 Å². The van der Waals surface area contributed by atoms with E-state index in [-0.39, 0.29) is 0 Å². The molecule has 0 atom stereocenters. The molecule has 3 rings (SSSR count). The number of hydrogen-bond donors (Lipinski definition) is 1. The van der Waals surface area contributed by atoms with Gasteiger partial charge in [0.15, 0.2) is 0 Å². The molecule has 0 unspecified atom stereocenters. The Balaban J connectivity index is 1.58. The Morgan fingerprint density at radius 3 is 3.00 bits per heavy atom. The monoisotopic (exact) mass is 260 g/mol. The molecular formula is C16H24N2O. The number of hydrogen-bond acceptors (Lipinski definition) is 3. The Kier molecular flexibility index (Phi) is 3.40. The Labute approximate surface area is 115 Å². The van der Waals surface area contributed by atoms with Gasteiger partial charge in [0.05, 0.1) is 6.61 Å². The zero-order chi connectivity index (χ0) is 13.3. The van der Waals surface area contributed by atoms with E-state index in [4.69, 9.17) is 4.74 Å². The summed E-state index contributed by atoms with van der Waals surface area (Å²) in [6.07, 6.45) is 2.39. The molecule has 1 aromatic rings. The van der Waals surface area contributed by atoms with Crippen molar-refractivity contribution in [2.75, 3.05) is 38.1 Å². The zero-order valence-corrected chi connectivity index (χ0v) is 12.0. The fraction of sp³-hybridized carbons (Fsp3) is 0.625. The molecule has 0 amide bonds. The van der Waals surface area contributed by atoms with Crippen LogP contribution in [0.2, 0.25) is 0 Å². The van der Waals surface area contributed by atoms with Crippen LogP contribution in [-0.4, -0.2) is 37.7 Å². The maximum Gasteiger partial charge on any atom is 0.119 e. The summed E-state index contributed by atoms with van der Waals surface area (Å²) in [6, 6.07) is 6.46. The maximum atomic E-state index is 6.02. The van der Waals surface area contributed by atoms with Crippen molar-refractivity contribution in [3.63, 3.8) is 0 Å². The minimum absolute atomic E-state index is 0.337. The minimum Gasteiger partial charge on any atom is -0.493 e. The highest BCUT2D eigenvalue weighted by molar-refractivity contribution is 5.55. The number of rotatable bonds is 4. The fourth-order valence-corrected chi connectivity index (χ4v) is 3.15. The molecule has 2 heterocycles. The first-order valence-corrected chi connectivity index (χ1v) is 7.40. The molecule has 0 aliphatic carbocycles. The summed E-state index contributed by atoms with van der Waals surface area (Å²) >= 11 is 0. The van der Waals surface area contributed by atoms with Gasteiger partial charge in [0.1, 0.15) is 5.75 Å². The van der Waals surface area contributed by atoms with Crippen LogP contribution in [0.5, 0.6) is 5.75 Å². The quantitative estimate of drug-likeness (QED) is 0.901. The SMILES string of the molecule is CCN1CC(C)(COc2ccc3c(c2)CCCN3)C1. The van der Waals surface area contributed by atoms with Crippen molar-refractivity contribution in [3.05, 3.63) is 23.8 Å². The predicted molar refractivity (Wildman–Crippen MR) is 79.0 cm³/mol. The van der Waals surface area contributed by atoms with Crippen LogP contribution in [0.15, 0.2) is 18.2 Å². The lowest BCUT2D eigenvalue weighted by atomic mass is 9.83. The van der Waals surface area contributed by atoms with E-state index >= 15 is 0 Å². The number of aryl methyl sites for hydroxylation is 1. The van der Waals surface area contributed by atoms with Crippen molar-refractivity contribution >= 4 is 5.69 Å². The number of benzene rings is 1. The number of anilines is 1. The van der Waals surface area contributed by atoms with Gasteiger partial charge in [-0.1, -0.05) is 13.8 Å². The molecule has 3 nitrogen and oxygen atoms in total. The van der Waals surface area contributed by atoms with Gasteiger partial charge in [0.25, 0.3) is 0 Å². The number of ether oxygens (including phenoxy) is 1. The third-order valence-electron chi connectivity index (χ3n) is 4.26. The molecule has 1 aromatic carbocycles. The second-order valence-electron chi connectivity index (χ2n) is 6.25. The number of nitrogens with zero attached hydrogens (tertiary/aromatic N) is 1. The van der Waals surface area contributed by atoms with Crippen molar-refractivity contribution in [1.29, 1.82) is 0 Å². The lowest BCUT2D eigenvalue weighted by Gasteiger charge is -2.47. The van der Waals surface area contributed by atoms with Crippen LogP contribution >= 0.6 is 0 Å². The second-order valence-corrected chi connectivity index (χ2v) is 6.25. The topological polar surface area (TPSA) is 24.5 Å². The zero-order valence-electron chi connectivity index (χ0n) is 12.0. The van der Waals surface area contributed by atoms with Crippen LogP contribution < -0.4 is 10.1 Å². The Hall–Kier alpha value is -1.22. The van der Waals surface area contributed by atoms with E-state index in [1.54, 1.807) is 0 Å². The van der Waals surface area contributed by atoms with E-state index in [1.165, 1.54) is 24.1 Å². The first-order valence-electron chi connectivity index (χ1n) is 7.40. The molecule has 0 saturated carbocycles. The molecule has 2 aliphatic rings. The smallest absolute Gasteiger partial charge is 0.119 e. The highest BCUT2D eigenvalue weighted by Gasteiger charge is 2.38. The van der Waals surface area contributed by atoms with Gasteiger partial charge in [-0.05, 0) is 43.1 Å². The molecule has 2 aliphatic heterocycles. The van der Waals surface area contributed by atoms with Crippen LogP contribution in [0, 0.1) is 5.41 Å². The molecule has 104 valence electrons. The maximum absolute atomic E-state index is 6.02. The highest BCUT2D eigenvalue weighted by atomic mass is 16.5. The van der Waals surface area contributed by atoms with E-state index in [1.807, 2.05) is 0 Å². The van der Waals surface area contributed by atoms with E-state index in [9.17, 15) is 0 Å². The van der Waals surface area contributed by atoms with Gasteiger partial charge in [-0.3, -0.25) is 0 Å². The number of likely N-dealkylation sites (tertiary alicyclic amines) is 1. The van der Waals surface area contributed by atoms with Crippen LogP contribution in [-0.2, 0) is 6.42 Å². The lowest BCUT2D eigenvalue weighted by Crippen LogP contribution is -2.57. The van der Waals surface area contributed by atoms with Gasteiger partial charge in [-0.25, -0.2) is 0 Å². The third kappa shape index (κ3) is 2.71. The standard InChI is InChI=1S/C16H24N2O/c1-3-18-10-16(2,11-18)12-19-14-6-7-15-13(9-14)5-4-8-17-15/h6-7,9,17H,3-5,8,10-12H2,1-2H3. The molecule has 1 fully saturated rings. The molecule has 1 N–H and O–H groups in total. The summed E-state index contributed by atoms with van der Waals surface area (Å²) < 4.78 is 6.02. The summed E-state index contributed by atoms with van der Waals surface area (Å²) in [4.78, 5) is 2.46. The third-order valence-corrected chi connectivity index (χ3v) is 4.26. The number of nitrogens with one attached hydrogen (secondary N) is 1. The molecule has 0 bridgehead atoms. The van der Waals surface area contributed by atoms with Crippen molar-refractivity contribution in [2.24, 2.45) is 5.41 Å². The molecule has 19 heavy (non-hydrogen) atoms. The first-order chi connectivity index (χ1) is 9.18. The largest absolute Gasteiger partial charge is 0.493 e. The van der Waals surface area contributed by atoms with Gasteiger partial charge in [-0.15, -0.1) is 0 Å². The first kappa shape index (κ1) is 12.8. The summed E-state index contributed by atoms with van der Waals surface area (Å²) in [6.45, 7) is 9.94. The summed E-state index contributed by atoms with van der Waals surface area (Å²) in [7, 11) is 0. The number of fused-ring (bicyclic) bond motifs is 1. The van der Waals surface area contributed by atoms with Gasteiger partial charge in [-0.2, -0.15) is 0 Å². The average molecular weight is 260 g/mol. The normalized spacial score (nSPS) is 21.2. The van der Waals surface area contributed by atoms with E-state index in [0.29, 0.717) is 5.41 Å². The molecule has 1 saturated heterocycles. The van der Waals surface area contributed by atoms with Crippen molar-refractivity contribution in [1.82, 2.24) is 4.90 Å².